The van der Waals surface area contributed by atoms with Gasteiger partial charge in [-0.25, -0.2) is 9.97 Å². The Labute approximate surface area is 175 Å². The van der Waals surface area contributed by atoms with E-state index in [0.717, 1.165) is 61.0 Å². The highest BCUT2D eigenvalue weighted by Gasteiger charge is 2.26. The summed E-state index contributed by atoms with van der Waals surface area (Å²) in [6.45, 7) is 1.49. The zero-order chi connectivity index (χ0) is 19.5. The van der Waals surface area contributed by atoms with Gasteiger partial charge in [-0.1, -0.05) is 18.9 Å². The maximum absolute atomic E-state index is 13.1. The van der Waals surface area contributed by atoms with E-state index in [4.69, 9.17) is 0 Å². The van der Waals surface area contributed by atoms with Crippen molar-refractivity contribution in [3.05, 3.63) is 58.4 Å². The van der Waals surface area contributed by atoms with E-state index >= 15 is 0 Å². The summed E-state index contributed by atoms with van der Waals surface area (Å²) in [7, 11) is 0. The zero-order valence-electron chi connectivity index (χ0n) is 16.2. The fraction of sp³-hybridized carbons (Fsp3) is 0.476. The average molecular weight is 421 g/mol. The van der Waals surface area contributed by atoms with Crippen LogP contribution < -0.4 is 10.6 Å². The Bertz CT molecular complexity index is 863. The third kappa shape index (κ3) is 5.10. The van der Waals surface area contributed by atoms with E-state index in [2.05, 4.69) is 20.6 Å². The molecule has 2 aromatic rings. The Hall–Kier alpha value is -2.09. The first-order valence-corrected chi connectivity index (χ1v) is 9.92. The first-order valence-electron chi connectivity index (χ1n) is 9.92. The molecule has 2 aliphatic rings. The number of aliphatic hydroxyl groups excluding tert-OH is 1. The molecule has 1 fully saturated rings. The number of carbonyl (C=O) groups is 1. The lowest BCUT2D eigenvalue weighted by atomic mass is 9.92. The van der Waals surface area contributed by atoms with Gasteiger partial charge in [0.1, 0.15) is 5.69 Å². The molecule has 8 heteroatoms. The van der Waals surface area contributed by atoms with Gasteiger partial charge in [0.25, 0.3) is 5.91 Å². The van der Waals surface area contributed by atoms with Crippen LogP contribution in [0.5, 0.6) is 0 Å². The van der Waals surface area contributed by atoms with Gasteiger partial charge in [-0.05, 0) is 61.1 Å². The van der Waals surface area contributed by atoms with Gasteiger partial charge >= 0.3 is 0 Å². The summed E-state index contributed by atoms with van der Waals surface area (Å²) in [6, 6.07) is 4.68. The van der Waals surface area contributed by atoms with Crippen molar-refractivity contribution in [1.82, 2.24) is 20.6 Å². The largest absolute Gasteiger partial charge is 0.391 e. The van der Waals surface area contributed by atoms with Gasteiger partial charge in [0.05, 0.1) is 17.8 Å². The molecule has 2 atom stereocenters. The van der Waals surface area contributed by atoms with E-state index in [1.807, 2.05) is 6.07 Å². The molecule has 1 saturated carbocycles. The third-order valence-corrected chi connectivity index (χ3v) is 5.61. The molecule has 0 unspecified atom stereocenters. The second-order valence-electron chi connectivity index (χ2n) is 7.62. The summed E-state index contributed by atoms with van der Waals surface area (Å²) in [5.74, 6) is -0.756. The van der Waals surface area contributed by atoms with E-state index in [0.29, 0.717) is 18.7 Å². The molecule has 0 spiro atoms. The Morgan fingerprint density at radius 1 is 1.31 bits per heavy atom. The number of hydrogen-bond donors (Lipinski definition) is 3. The van der Waals surface area contributed by atoms with Crippen LogP contribution in [0.2, 0.25) is 0 Å². The number of nitrogens with zero attached hydrogens (tertiary/aromatic N) is 2. The number of pyridine rings is 2. The molecule has 2 aromatic heterocycles. The second kappa shape index (κ2) is 9.61. The normalized spacial score (nSPS) is 21.0. The van der Waals surface area contributed by atoms with Crippen LogP contribution in [0.3, 0.4) is 0 Å². The van der Waals surface area contributed by atoms with Gasteiger partial charge in [0.2, 0.25) is 5.95 Å². The van der Waals surface area contributed by atoms with Crippen LogP contribution in [-0.2, 0) is 19.4 Å². The van der Waals surface area contributed by atoms with Crippen molar-refractivity contribution in [1.29, 1.82) is 0 Å². The molecule has 3 heterocycles. The third-order valence-electron chi connectivity index (χ3n) is 5.61. The fourth-order valence-electron chi connectivity index (χ4n) is 4.08. The van der Waals surface area contributed by atoms with Crippen LogP contribution in [0.1, 0.15) is 58.6 Å². The molecule has 156 valence electrons. The van der Waals surface area contributed by atoms with Crippen molar-refractivity contribution in [2.75, 3.05) is 6.54 Å². The van der Waals surface area contributed by atoms with Crippen LogP contribution in [-0.4, -0.2) is 39.7 Å². The molecular weight excluding hydrogens is 395 g/mol. The highest BCUT2D eigenvalue weighted by atomic mass is 35.5. The number of carbonyl (C=O) groups excluding carboxylic acids is 1. The standard InChI is InChI=1S/C21H25FN4O2.ClH/c22-20-6-5-13(11-24-20)9-14-10-17(25-18-12-23-8-7-15(14)18)21(28)26-16-3-1-2-4-19(16)27;/h5-6,10-11,16,19,23,27H,1-4,7-9,12H2,(H,26,28);1H/t16-,19-;/m0./s1. The Morgan fingerprint density at radius 2 is 2.14 bits per heavy atom. The van der Waals surface area contributed by atoms with E-state index in [9.17, 15) is 14.3 Å². The summed E-state index contributed by atoms with van der Waals surface area (Å²) >= 11 is 0. The minimum absolute atomic E-state index is 0. The van der Waals surface area contributed by atoms with Crippen LogP contribution in [0, 0.1) is 5.95 Å². The van der Waals surface area contributed by atoms with Gasteiger partial charge in [0, 0.05) is 12.7 Å². The van der Waals surface area contributed by atoms with Gasteiger partial charge in [0.15, 0.2) is 0 Å². The fourth-order valence-corrected chi connectivity index (χ4v) is 4.08. The van der Waals surface area contributed by atoms with Crippen LogP contribution >= 0.6 is 12.4 Å². The van der Waals surface area contributed by atoms with Crippen LogP contribution in [0.25, 0.3) is 0 Å². The minimum atomic E-state index is -0.504. The first kappa shape index (κ1) is 21.6. The maximum Gasteiger partial charge on any atom is 0.270 e. The number of aliphatic hydroxyl groups is 1. The quantitative estimate of drug-likeness (QED) is 0.661. The Balaban J connectivity index is 0.00000240. The summed E-state index contributed by atoms with van der Waals surface area (Å²) < 4.78 is 13.1. The van der Waals surface area contributed by atoms with Gasteiger partial charge in [-0.3, -0.25) is 4.79 Å². The van der Waals surface area contributed by atoms with Gasteiger partial charge in [-0.15, -0.1) is 12.4 Å². The SMILES string of the molecule is Cl.O=C(N[C@H]1CCCC[C@@H]1O)c1cc(Cc2ccc(F)nc2)c2c(n1)CNCC2. The molecule has 29 heavy (non-hydrogen) atoms. The molecule has 1 aliphatic heterocycles. The maximum atomic E-state index is 13.1. The van der Waals surface area contributed by atoms with Crippen molar-refractivity contribution >= 4 is 18.3 Å². The highest BCUT2D eigenvalue weighted by Crippen LogP contribution is 2.23. The van der Waals surface area contributed by atoms with Crippen molar-refractivity contribution < 1.29 is 14.3 Å². The van der Waals surface area contributed by atoms with Gasteiger partial charge < -0.3 is 15.7 Å². The van der Waals surface area contributed by atoms with Gasteiger partial charge in [-0.2, -0.15) is 4.39 Å². The average Bonchev–Trinajstić information content (AvgIpc) is 2.71. The first-order chi connectivity index (χ1) is 13.6. The highest BCUT2D eigenvalue weighted by molar-refractivity contribution is 5.93. The van der Waals surface area contributed by atoms with E-state index < -0.39 is 12.1 Å². The summed E-state index contributed by atoms with van der Waals surface area (Å²) in [4.78, 5) is 21.1. The van der Waals surface area contributed by atoms with Crippen molar-refractivity contribution in [2.45, 2.75) is 57.2 Å². The number of aromatic nitrogens is 2. The number of nitrogens with one attached hydrogen (secondary N) is 2. The van der Waals surface area contributed by atoms with E-state index in [-0.39, 0.29) is 24.4 Å². The molecule has 0 saturated heterocycles. The summed E-state index contributed by atoms with van der Waals surface area (Å²) in [5.41, 5.74) is 4.31. The van der Waals surface area contributed by atoms with E-state index in [1.54, 1.807) is 6.07 Å². The number of rotatable bonds is 4. The van der Waals surface area contributed by atoms with Crippen molar-refractivity contribution in [3.8, 4) is 0 Å². The molecule has 1 aliphatic carbocycles. The number of halogens is 2. The second-order valence-corrected chi connectivity index (χ2v) is 7.62. The van der Waals surface area contributed by atoms with Crippen molar-refractivity contribution in [3.63, 3.8) is 0 Å². The monoisotopic (exact) mass is 420 g/mol. The number of fused-ring (bicyclic) bond motifs is 1. The minimum Gasteiger partial charge on any atom is -0.391 e. The Morgan fingerprint density at radius 3 is 2.90 bits per heavy atom. The molecule has 1 amide bonds. The van der Waals surface area contributed by atoms with Crippen LogP contribution in [0.15, 0.2) is 24.4 Å². The van der Waals surface area contributed by atoms with E-state index in [1.165, 1.54) is 12.3 Å². The number of hydrogen-bond acceptors (Lipinski definition) is 5. The predicted molar refractivity (Wildman–Crippen MR) is 110 cm³/mol. The number of amides is 1. The smallest absolute Gasteiger partial charge is 0.270 e. The lowest BCUT2D eigenvalue weighted by molar-refractivity contribution is 0.0713. The lowest BCUT2D eigenvalue weighted by Gasteiger charge is -2.28. The lowest BCUT2D eigenvalue weighted by Crippen LogP contribution is -2.45. The molecule has 6 nitrogen and oxygen atoms in total. The van der Waals surface area contributed by atoms with Crippen LogP contribution in [0.4, 0.5) is 4.39 Å². The molecule has 0 aromatic carbocycles. The molecule has 0 radical (unpaired) electrons. The molecular formula is C21H26ClFN4O2. The molecule has 4 rings (SSSR count). The Kier molecular flexibility index (Phi) is 7.16. The topological polar surface area (TPSA) is 87.1 Å². The van der Waals surface area contributed by atoms with Crippen molar-refractivity contribution in [2.24, 2.45) is 0 Å². The summed E-state index contributed by atoms with van der Waals surface area (Å²) in [5, 5.41) is 16.4. The molecule has 0 bridgehead atoms. The zero-order valence-corrected chi connectivity index (χ0v) is 17.0. The predicted octanol–water partition coefficient (Wildman–Crippen LogP) is 2.31. The summed E-state index contributed by atoms with van der Waals surface area (Å²) in [6.07, 6.45) is 5.95. The molecule has 3 N–H and O–H groups in total.